The Balaban J connectivity index is 1.62. The van der Waals surface area contributed by atoms with Gasteiger partial charge in [-0.3, -0.25) is 9.36 Å². The SMILES string of the molecule is COC(=O)C1=C(C)N=c2sc(=Cc3ccc(-c4ccc(Cl)cc4)o3)c(=O)n2C1c1ccc(C(=O)OC)cc1. The van der Waals surface area contributed by atoms with Gasteiger partial charge in [-0.2, -0.15) is 0 Å². The number of nitrogens with zero attached hydrogens (tertiary/aromatic N) is 2. The van der Waals surface area contributed by atoms with E-state index in [0.29, 0.717) is 42.7 Å². The second-order valence-electron chi connectivity index (χ2n) is 8.40. The van der Waals surface area contributed by atoms with E-state index in [0.717, 1.165) is 5.56 Å². The molecular weight excluding hydrogens is 528 g/mol. The highest BCUT2D eigenvalue weighted by molar-refractivity contribution is 7.07. The number of halogens is 1. The lowest BCUT2D eigenvalue weighted by molar-refractivity contribution is -0.136. The van der Waals surface area contributed by atoms with Gasteiger partial charge in [0.25, 0.3) is 5.56 Å². The molecule has 0 aliphatic carbocycles. The number of esters is 2. The molecule has 4 aromatic rings. The molecule has 0 radical (unpaired) electrons. The first-order valence-electron chi connectivity index (χ1n) is 11.5. The van der Waals surface area contributed by atoms with Gasteiger partial charge in [0.1, 0.15) is 11.5 Å². The third kappa shape index (κ3) is 4.62. The molecule has 1 atom stereocenters. The van der Waals surface area contributed by atoms with Crippen LogP contribution in [0.1, 0.15) is 34.6 Å². The van der Waals surface area contributed by atoms with E-state index >= 15 is 0 Å². The average molecular weight is 549 g/mol. The Kier molecular flexibility index (Phi) is 6.88. The van der Waals surface area contributed by atoms with Crippen molar-refractivity contribution in [2.45, 2.75) is 13.0 Å². The molecule has 2 aromatic carbocycles. The number of benzene rings is 2. The van der Waals surface area contributed by atoms with Gasteiger partial charge in [0.2, 0.25) is 0 Å². The molecule has 0 bridgehead atoms. The zero-order valence-electron chi connectivity index (χ0n) is 20.6. The van der Waals surface area contributed by atoms with Gasteiger partial charge in [0.05, 0.1) is 41.6 Å². The van der Waals surface area contributed by atoms with Crippen LogP contribution < -0.4 is 14.9 Å². The number of allylic oxidation sites excluding steroid dienone is 1. The molecule has 0 fully saturated rings. The van der Waals surface area contributed by atoms with Crippen LogP contribution in [0.25, 0.3) is 17.4 Å². The highest BCUT2D eigenvalue weighted by atomic mass is 35.5. The molecule has 1 aliphatic rings. The monoisotopic (exact) mass is 548 g/mol. The largest absolute Gasteiger partial charge is 0.466 e. The number of hydrogen-bond donors (Lipinski definition) is 0. The van der Waals surface area contributed by atoms with Crippen molar-refractivity contribution in [1.82, 2.24) is 4.57 Å². The van der Waals surface area contributed by atoms with E-state index in [1.54, 1.807) is 55.5 Å². The molecule has 10 heteroatoms. The summed E-state index contributed by atoms with van der Waals surface area (Å²) in [6, 6.07) is 16.6. The number of thiazole rings is 1. The number of rotatable bonds is 5. The minimum absolute atomic E-state index is 0.236. The lowest BCUT2D eigenvalue weighted by atomic mass is 9.95. The van der Waals surface area contributed by atoms with Crippen molar-refractivity contribution < 1.29 is 23.5 Å². The summed E-state index contributed by atoms with van der Waals surface area (Å²) >= 11 is 7.17. The van der Waals surface area contributed by atoms with E-state index in [1.807, 2.05) is 18.2 Å². The summed E-state index contributed by atoms with van der Waals surface area (Å²) < 4.78 is 17.6. The van der Waals surface area contributed by atoms with Gasteiger partial charge < -0.3 is 13.9 Å². The molecule has 2 aromatic heterocycles. The van der Waals surface area contributed by atoms with Gasteiger partial charge in [0.15, 0.2) is 4.80 Å². The van der Waals surface area contributed by atoms with Crippen LogP contribution in [0.3, 0.4) is 0 Å². The number of hydrogen-bond acceptors (Lipinski definition) is 8. The topological polar surface area (TPSA) is 100 Å². The minimum atomic E-state index is -0.797. The number of aromatic nitrogens is 1. The molecule has 8 nitrogen and oxygen atoms in total. The fourth-order valence-electron chi connectivity index (χ4n) is 4.26. The summed E-state index contributed by atoms with van der Waals surface area (Å²) in [5.74, 6) is 0.0363. The van der Waals surface area contributed by atoms with Crippen molar-refractivity contribution in [1.29, 1.82) is 0 Å². The normalized spacial score (nSPS) is 15.2. The van der Waals surface area contributed by atoms with Crippen molar-refractivity contribution in [3.8, 4) is 11.3 Å². The van der Waals surface area contributed by atoms with Crippen LogP contribution in [0.2, 0.25) is 5.02 Å². The van der Waals surface area contributed by atoms with Crippen LogP contribution in [0.4, 0.5) is 0 Å². The van der Waals surface area contributed by atoms with Crippen molar-refractivity contribution in [2.75, 3.05) is 14.2 Å². The highest BCUT2D eigenvalue weighted by Crippen LogP contribution is 2.31. The smallest absolute Gasteiger partial charge is 0.338 e. The molecule has 0 saturated heterocycles. The van der Waals surface area contributed by atoms with E-state index in [9.17, 15) is 14.4 Å². The van der Waals surface area contributed by atoms with Crippen LogP contribution in [-0.4, -0.2) is 30.7 Å². The van der Waals surface area contributed by atoms with Crippen LogP contribution >= 0.6 is 22.9 Å². The molecule has 0 saturated carbocycles. The summed E-state index contributed by atoms with van der Waals surface area (Å²) in [5.41, 5.74) is 2.15. The molecular formula is C28H21ClN2O6S. The van der Waals surface area contributed by atoms with Gasteiger partial charge in [-0.25, -0.2) is 14.6 Å². The molecule has 1 unspecified atom stereocenters. The zero-order chi connectivity index (χ0) is 27.0. The fourth-order valence-corrected chi connectivity index (χ4v) is 5.41. The molecule has 0 amide bonds. The third-order valence-corrected chi connectivity index (χ3v) is 7.34. The summed E-state index contributed by atoms with van der Waals surface area (Å²) in [5, 5.41) is 0.623. The molecule has 1 aliphatic heterocycles. The van der Waals surface area contributed by atoms with Crippen molar-refractivity contribution in [3.05, 3.63) is 114 Å². The van der Waals surface area contributed by atoms with E-state index in [-0.39, 0.29) is 11.1 Å². The van der Waals surface area contributed by atoms with Crippen molar-refractivity contribution in [3.63, 3.8) is 0 Å². The Morgan fingerprint density at radius 2 is 1.68 bits per heavy atom. The maximum absolute atomic E-state index is 13.7. The Morgan fingerprint density at radius 1 is 1.00 bits per heavy atom. The van der Waals surface area contributed by atoms with Crippen LogP contribution in [0.5, 0.6) is 0 Å². The third-order valence-electron chi connectivity index (χ3n) is 6.10. The summed E-state index contributed by atoms with van der Waals surface area (Å²) in [7, 11) is 2.58. The fraction of sp³-hybridized carbons (Fsp3) is 0.143. The number of furan rings is 1. The van der Waals surface area contributed by atoms with Crippen LogP contribution in [0.15, 0.2) is 86.1 Å². The second kappa shape index (κ2) is 10.3. The van der Waals surface area contributed by atoms with E-state index in [2.05, 4.69) is 4.99 Å². The summed E-state index contributed by atoms with van der Waals surface area (Å²) in [6.07, 6.45) is 1.65. The quantitative estimate of drug-likeness (QED) is 0.348. The van der Waals surface area contributed by atoms with E-state index in [1.165, 1.54) is 30.1 Å². The van der Waals surface area contributed by atoms with Gasteiger partial charge >= 0.3 is 11.9 Å². The summed E-state index contributed by atoms with van der Waals surface area (Å²) in [4.78, 5) is 43.4. The van der Waals surface area contributed by atoms with Crippen LogP contribution in [0, 0.1) is 0 Å². The number of carbonyl (C=O) groups excluding carboxylic acids is 2. The standard InChI is InChI=1S/C28H21ClN2O6S/c1-15-23(27(34)36-3)24(17-4-6-18(7-5-17)26(33)35-2)31-25(32)22(38-28(31)30-15)14-20-12-13-21(37-20)16-8-10-19(29)11-9-16/h4-14,24H,1-3H3. The predicted octanol–water partition coefficient (Wildman–Crippen LogP) is 4.11. The number of fused-ring (bicyclic) bond motifs is 1. The second-order valence-corrected chi connectivity index (χ2v) is 9.84. The first-order valence-corrected chi connectivity index (χ1v) is 12.6. The maximum Gasteiger partial charge on any atom is 0.338 e. The Hall–Kier alpha value is -4.21. The van der Waals surface area contributed by atoms with Crippen molar-refractivity contribution in [2.24, 2.45) is 4.99 Å². The lowest BCUT2D eigenvalue weighted by Gasteiger charge is -2.24. The predicted molar refractivity (Wildman–Crippen MR) is 143 cm³/mol. The molecule has 192 valence electrons. The Morgan fingerprint density at radius 3 is 2.34 bits per heavy atom. The molecule has 0 spiro atoms. The summed E-state index contributed by atoms with van der Waals surface area (Å²) in [6.45, 7) is 1.70. The number of methoxy groups -OCH3 is 2. The molecule has 5 rings (SSSR count). The Labute approximate surface area is 225 Å². The maximum atomic E-state index is 13.7. The van der Waals surface area contributed by atoms with E-state index in [4.69, 9.17) is 25.5 Å². The Bertz CT molecular complexity index is 1760. The number of carbonyl (C=O) groups is 2. The van der Waals surface area contributed by atoms with Crippen molar-refractivity contribution >= 4 is 41.0 Å². The van der Waals surface area contributed by atoms with Crippen LogP contribution in [-0.2, 0) is 14.3 Å². The van der Waals surface area contributed by atoms with Gasteiger partial charge in [0, 0.05) is 16.7 Å². The van der Waals surface area contributed by atoms with Gasteiger partial charge in [-0.05, 0) is 61.0 Å². The first kappa shape index (κ1) is 25.4. The van der Waals surface area contributed by atoms with Gasteiger partial charge in [-0.1, -0.05) is 35.1 Å². The molecule has 38 heavy (non-hydrogen) atoms. The zero-order valence-corrected chi connectivity index (χ0v) is 22.1. The number of ether oxygens (including phenoxy) is 2. The minimum Gasteiger partial charge on any atom is -0.466 e. The van der Waals surface area contributed by atoms with E-state index < -0.39 is 18.0 Å². The molecule has 3 heterocycles. The lowest BCUT2D eigenvalue weighted by Crippen LogP contribution is -2.39. The average Bonchev–Trinajstić information content (AvgIpc) is 3.51. The first-order chi connectivity index (χ1) is 18.3. The highest BCUT2D eigenvalue weighted by Gasteiger charge is 2.33. The molecule has 0 N–H and O–H groups in total. The van der Waals surface area contributed by atoms with Gasteiger partial charge in [-0.15, -0.1) is 0 Å².